The van der Waals surface area contributed by atoms with Crippen molar-refractivity contribution in [2.45, 2.75) is 4.90 Å². The Balaban J connectivity index is 2.12. The first-order chi connectivity index (χ1) is 12.8. The standard InChI is InChI=1S/C17H15FN2O6S/c1-25-13-6-4-10(8-14(13)26-2)27(23,24)20-15-11-7-9(18)3-5-12(11)19-16(15)17(21)22/h3-8,19-20H,1-2H3,(H,21,22)/p-1. The molecule has 2 N–H and O–H groups in total. The molecule has 0 amide bonds. The third-order valence-electron chi connectivity index (χ3n) is 3.87. The van der Waals surface area contributed by atoms with Crippen LogP contribution in [0.3, 0.4) is 0 Å². The molecule has 0 radical (unpaired) electrons. The van der Waals surface area contributed by atoms with Gasteiger partial charge in [0.2, 0.25) is 0 Å². The van der Waals surface area contributed by atoms with Crippen LogP contribution in [-0.2, 0) is 10.0 Å². The van der Waals surface area contributed by atoms with E-state index in [1.54, 1.807) is 0 Å². The van der Waals surface area contributed by atoms with E-state index in [2.05, 4.69) is 9.71 Å². The summed E-state index contributed by atoms with van der Waals surface area (Å²) in [6, 6.07) is 7.30. The number of halogens is 1. The van der Waals surface area contributed by atoms with E-state index in [1.165, 1.54) is 38.5 Å². The molecule has 0 fully saturated rings. The fraction of sp³-hybridized carbons (Fsp3) is 0.118. The second-order valence-corrected chi connectivity index (χ2v) is 7.16. The van der Waals surface area contributed by atoms with Crippen LogP contribution in [-0.4, -0.2) is 33.6 Å². The maximum absolute atomic E-state index is 13.6. The van der Waals surface area contributed by atoms with Crippen molar-refractivity contribution in [3.05, 3.63) is 47.9 Å². The molecule has 0 unspecified atom stereocenters. The zero-order chi connectivity index (χ0) is 19.8. The van der Waals surface area contributed by atoms with Gasteiger partial charge >= 0.3 is 0 Å². The van der Waals surface area contributed by atoms with Crippen molar-refractivity contribution >= 4 is 32.6 Å². The van der Waals surface area contributed by atoms with Gasteiger partial charge in [0, 0.05) is 17.0 Å². The second kappa shape index (κ2) is 6.80. The zero-order valence-corrected chi connectivity index (χ0v) is 15.0. The summed E-state index contributed by atoms with van der Waals surface area (Å²) < 4.78 is 51.4. The summed E-state index contributed by atoms with van der Waals surface area (Å²) in [5.74, 6) is -1.80. The number of carbonyl (C=O) groups excluding carboxylic acids is 1. The predicted molar refractivity (Wildman–Crippen MR) is 92.9 cm³/mol. The zero-order valence-electron chi connectivity index (χ0n) is 14.2. The van der Waals surface area contributed by atoms with Crippen LogP contribution in [0.25, 0.3) is 10.9 Å². The fourth-order valence-corrected chi connectivity index (χ4v) is 3.71. The molecule has 1 aromatic heterocycles. The number of ether oxygens (including phenoxy) is 2. The lowest BCUT2D eigenvalue weighted by Gasteiger charge is -2.12. The Kier molecular flexibility index (Phi) is 4.66. The third-order valence-corrected chi connectivity index (χ3v) is 5.21. The molecule has 0 spiro atoms. The number of aromatic carboxylic acids is 1. The first kappa shape index (κ1) is 18.5. The molecule has 8 nitrogen and oxygen atoms in total. The van der Waals surface area contributed by atoms with Gasteiger partial charge in [-0.15, -0.1) is 0 Å². The van der Waals surface area contributed by atoms with Gasteiger partial charge in [-0.05, 0) is 30.3 Å². The van der Waals surface area contributed by atoms with Crippen molar-refractivity contribution in [2.24, 2.45) is 0 Å². The molecule has 10 heteroatoms. The number of benzene rings is 2. The molecule has 1 heterocycles. The average molecular weight is 393 g/mol. The number of hydrogen-bond donors (Lipinski definition) is 2. The van der Waals surface area contributed by atoms with E-state index in [0.717, 1.165) is 12.1 Å². The van der Waals surface area contributed by atoms with Crippen LogP contribution in [0.15, 0.2) is 41.3 Å². The number of sulfonamides is 1. The van der Waals surface area contributed by atoms with Crippen molar-refractivity contribution in [3.63, 3.8) is 0 Å². The maximum atomic E-state index is 13.6. The van der Waals surface area contributed by atoms with Crippen molar-refractivity contribution in [2.75, 3.05) is 18.9 Å². The summed E-state index contributed by atoms with van der Waals surface area (Å²) >= 11 is 0. The molecular weight excluding hydrogens is 379 g/mol. The normalized spacial score (nSPS) is 11.4. The van der Waals surface area contributed by atoms with Crippen molar-refractivity contribution in [1.82, 2.24) is 4.98 Å². The Bertz CT molecular complexity index is 1140. The topological polar surface area (TPSA) is 121 Å². The van der Waals surface area contributed by atoms with Gasteiger partial charge in [-0.2, -0.15) is 0 Å². The number of carboxylic acid groups (broad SMARTS) is 1. The van der Waals surface area contributed by atoms with E-state index in [9.17, 15) is 22.7 Å². The molecule has 0 bridgehead atoms. The number of carbonyl (C=O) groups is 1. The summed E-state index contributed by atoms with van der Waals surface area (Å²) in [7, 11) is -1.47. The van der Waals surface area contributed by atoms with E-state index in [-0.39, 0.29) is 27.2 Å². The number of anilines is 1. The van der Waals surface area contributed by atoms with Gasteiger partial charge in [0.15, 0.2) is 11.5 Å². The minimum Gasteiger partial charge on any atom is -0.543 e. The van der Waals surface area contributed by atoms with Crippen LogP contribution in [0.1, 0.15) is 10.5 Å². The highest BCUT2D eigenvalue weighted by Crippen LogP contribution is 2.33. The molecule has 0 aliphatic heterocycles. The largest absolute Gasteiger partial charge is 0.543 e. The summed E-state index contributed by atoms with van der Waals surface area (Å²) in [5, 5.41) is 11.4. The van der Waals surface area contributed by atoms with Crippen molar-refractivity contribution < 1.29 is 32.2 Å². The molecule has 2 aromatic carbocycles. The Hall–Kier alpha value is -3.27. The van der Waals surface area contributed by atoms with Gasteiger partial charge in [0.25, 0.3) is 10.0 Å². The monoisotopic (exact) mass is 393 g/mol. The Morgan fingerprint density at radius 3 is 2.44 bits per heavy atom. The Labute approximate surface area is 153 Å². The molecule has 3 aromatic rings. The summed E-state index contributed by atoms with van der Waals surface area (Å²) in [5.41, 5.74) is -0.598. The highest BCUT2D eigenvalue weighted by molar-refractivity contribution is 7.92. The number of methoxy groups -OCH3 is 2. The van der Waals surface area contributed by atoms with E-state index in [1.807, 2.05) is 0 Å². The highest BCUT2D eigenvalue weighted by atomic mass is 32.2. The highest BCUT2D eigenvalue weighted by Gasteiger charge is 2.22. The van der Waals surface area contributed by atoms with Crippen molar-refractivity contribution in [1.29, 1.82) is 0 Å². The Morgan fingerprint density at radius 1 is 1.11 bits per heavy atom. The molecule has 142 valence electrons. The first-order valence-corrected chi connectivity index (χ1v) is 9.02. The lowest BCUT2D eigenvalue weighted by atomic mass is 10.2. The smallest absolute Gasteiger partial charge is 0.262 e. The fourth-order valence-electron chi connectivity index (χ4n) is 2.60. The van der Waals surface area contributed by atoms with E-state index in [4.69, 9.17) is 9.47 Å². The average Bonchev–Trinajstić information content (AvgIpc) is 2.98. The predicted octanol–water partition coefficient (Wildman–Crippen LogP) is 1.49. The van der Waals surface area contributed by atoms with Gasteiger partial charge in [-0.3, -0.25) is 4.72 Å². The lowest BCUT2D eigenvalue weighted by molar-refractivity contribution is -0.255. The maximum Gasteiger partial charge on any atom is 0.262 e. The summed E-state index contributed by atoms with van der Waals surface area (Å²) in [4.78, 5) is 13.7. The molecule has 3 rings (SSSR count). The lowest BCUT2D eigenvalue weighted by Crippen LogP contribution is -2.25. The van der Waals surface area contributed by atoms with Crippen LogP contribution in [0.5, 0.6) is 11.5 Å². The number of carboxylic acids is 1. The summed E-state index contributed by atoms with van der Waals surface area (Å²) in [6.45, 7) is 0. The minimum atomic E-state index is -4.22. The number of nitrogens with one attached hydrogen (secondary N) is 2. The third kappa shape index (κ3) is 3.38. The van der Waals surface area contributed by atoms with E-state index >= 15 is 0 Å². The molecular formula is C17H14FN2O6S-. The molecule has 0 atom stereocenters. The number of aromatic amines is 1. The quantitative estimate of drug-likeness (QED) is 0.655. The Morgan fingerprint density at radius 2 is 1.81 bits per heavy atom. The summed E-state index contributed by atoms with van der Waals surface area (Å²) in [6.07, 6.45) is 0. The van der Waals surface area contributed by atoms with E-state index in [0.29, 0.717) is 5.75 Å². The van der Waals surface area contributed by atoms with E-state index < -0.39 is 27.5 Å². The van der Waals surface area contributed by atoms with Crippen LogP contribution in [0, 0.1) is 5.82 Å². The number of fused-ring (bicyclic) bond motifs is 1. The SMILES string of the molecule is COc1ccc(S(=O)(=O)Nc2c(C(=O)[O-])[nH]c3ccc(F)cc23)cc1OC. The number of hydrogen-bond acceptors (Lipinski definition) is 6. The number of rotatable bonds is 6. The van der Waals surface area contributed by atoms with Gasteiger partial charge in [0.1, 0.15) is 5.82 Å². The van der Waals surface area contributed by atoms with Crippen LogP contribution < -0.4 is 19.3 Å². The van der Waals surface area contributed by atoms with Crippen LogP contribution >= 0.6 is 0 Å². The molecule has 0 aliphatic carbocycles. The molecule has 0 saturated carbocycles. The van der Waals surface area contributed by atoms with Gasteiger partial charge < -0.3 is 24.4 Å². The number of H-pyrrole nitrogens is 1. The minimum absolute atomic E-state index is 0.0539. The van der Waals surface area contributed by atoms with Crippen LogP contribution in [0.2, 0.25) is 0 Å². The second-order valence-electron chi connectivity index (χ2n) is 5.47. The van der Waals surface area contributed by atoms with Gasteiger partial charge in [-0.1, -0.05) is 0 Å². The van der Waals surface area contributed by atoms with Gasteiger partial charge in [0.05, 0.1) is 36.5 Å². The van der Waals surface area contributed by atoms with Gasteiger partial charge in [-0.25, -0.2) is 12.8 Å². The molecule has 0 aliphatic rings. The first-order valence-electron chi connectivity index (χ1n) is 7.54. The van der Waals surface area contributed by atoms with Crippen molar-refractivity contribution in [3.8, 4) is 11.5 Å². The molecule has 0 saturated heterocycles. The molecule has 27 heavy (non-hydrogen) atoms. The number of aromatic nitrogens is 1. The van der Waals surface area contributed by atoms with Crippen LogP contribution in [0.4, 0.5) is 10.1 Å².